The minimum atomic E-state index is 0.204. The van der Waals surface area contributed by atoms with Crippen molar-refractivity contribution < 1.29 is 4.74 Å². The van der Waals surface area contributed by atoms with E-state index in [9.17, 15) is 0 Å². The largest absolute Gasteiger partial charge is 0.352 e. The molecule has 0 aliphatic carbocycles. The molecule has 1 unspecified atom stereocenters. The summed E-state index contributed by atoms with van der Waals surface area (Å²) in [4.78, 5) is 2.02. The van der Waals surface area contributed by atoms with Crippen LogP contribution in [0.3, 0.4) is 0 Å². The van der Waals surface area contributed by atoms with Crippen molar-refractivity contribution in [1.82, 2.24) is 4.90 Å². The summed E-state index contributed by atoms with van der Waals surface area (Å²) in [6.07, 6.45) is 2.00. The van der Waals surface area contributed by atoms with Gasteiger partial charge in [-0.1, -0.05) is 11.8 Å². The van der Waals surface area contributed by atoms with Crippen LogP contribution in [-0.4, -0.2) is 24.6 Å². The van der Waals surface area contributed by atoms with Crippen molar-refractivity contribution in [3.8, 4) is 0 Å². The van der Waals surface area contributed by atoms with Gasteiger partial charge in [-0.15, -0.1) is 0 Å². The highest BCUT2D eigenvalue weighted by atomic mass is 32.2. The first-order valence-electron chi connectivity index (χ1n) is 2.41. The molecule has 3 heteroatoms. The SMILES string of the molecule is COC1SC=CN1C. The van der Waals surface area contributed by atoms with Crippen molar-refractivity contribution >= 4 is 11.8 Å². The van der Waals surface area contributed by atoms with E-state index in [1.807, 2.05) is 23.6 Å². The molecule has 8 heavy (non-hydrogen) atoms. The zero-order chi connectivity index (χ0) is 5.98. The van der Waals surface area contributed by atoms with Crippen LogP contribution in [0, 0.1) is 0 Å². The first-order valence-corrected chi connectivity index (χ1v) is 3.36. The van der Waals surface area contributed by atoms with Gasteiger partial charge in [-0.3, -0.25) is 0 Å². The average Bonchev–Trinajstić information content (AvgIpc) is 2.14. The van der Waals surface area contributed by atoms with Crippen LogP contribution in [0.2, 0.25) is 0 Å². The summed E-state index contributed by atoms with van der Waals surface area (Å²) in [6, 6.07) is 0. The van der Waals surface area contributed by atoms with Crippen molar-refractivity contribution in [1.29, 1.82) is 0 Å². The van der Waals surface area contributed by atoms with Gasteiger partial charge in [0.1, 0.15) is 0 Å². The van der Waals surface area contributed by atoms with Gasteiger partial charge in [-0.2, -0.15) is 0 Å². The van der Waals surface area contributed by atoms with Crippen molar-refractivity contribution in [3.05, 3.63) is 11.6 Å². The molecule has 1 rings (SSSR count). The summed E-state index contributed by atoms with van der Waals surface area (Å²) in [5.41, 5.74) is 0.204. The Hall–Kier alpha value is -0.150. The van der Waals surface area contributed by atoms with Crippen LogP contribution in [0.1, 0.15) is 0 Å². The lowest BCUT2D eigenvalue weighted by atomic mass is 10.8. The number of hydrogen-bond acceptors (Lipinski definition) is 3. The number of hydrogen-bond donors (Lipinski definition) is 0. The molecule has 1 aliphatic rings. The fourth-order valence-corrected chi connectivity index (χ4v) is 1.36. The van der Waals surface area contributed by atoms with Crippen LogP contribution in [0.25, 0.3) is 0 Å². The molecule has 2 nitrogen and oxygen atoms in total. The lowest BCUT2D eigenvalue weighted by Gasteiger charge is -2.16. The van der Waals surface area contributed by atoms with E-state index in [1.165, 1.54) is 0 Å². The number of rotatable bonds is 1. The van der Waals surface area contributed by atoms with Gasteiger partial charge in [-0.05, 0) is 5.41 Å². The molecule has 0 N–H and O–H groups in total. The number of ether oxygens (including phenoxy) is 1. The fourth-order valence-electron chi connectivity index (χ4n) is 0.586. The molecule has 0 bridgehead atoms. The van der Waals surface area contributed by atoms with Crippen molar-refractivity contribution in [2.75, 3.05) is 14.2 Å². The van der Waals surface area contributed by atoms with Gasteiger partial charge in [0.05, 0.1) is 0 Å². The highest BCUT2D eigenvalue weighted by Crippen LogP contribution is 2.22. The Kier molecular flexibility index (Phi) is 1.81. The lowest BCUT2D eigenvalue weighted by Crippen LogP contribution is -2.20. The van der Waals surface area contributed by atoms with Gasteiger partial charge >= 0.3 is 0 Å². The molecule has 0 aromatic rings. The summed E-state index contributed by atoms with van der Waals surface area (Å²) < 4.78 is 5.05. The minimum Gasteiger partial charge on any atom is -0.352 e. The van der Waals surface area contributed by atoms with E-state index in [2.05, 4.69) is 0 Å². The Balaban J connectivity index is 2.38. The predicted molar refractivity (Wildman–Crippen MR) is 35.3 cm³/mol. The number of thioether (sulfide) groups is 1. The first-order chi connectivity index (χ1) is 3.84. The first kappa shape index (κ1) is 5.98. The summed E-state index contributed by atoms with van der Waals surface area (Å²) in [5.74, 6) is 0. The van der Waals surface area contributed by atoms with Gasteiger partial charge in [0.25, 0.3) is 0 Å². The van der Waals surface area contributed by atoms with Crippen LogP contribution >= 0.6 is 11.8 Å². The van der Waals surface area contributed by atoms with E-state index in [0.29, 0.717) is 0 Å². The minimum absolute atomic E-state index is 0.204. The quantitative estimate of drug-likeness (QED) is 0.528. The maximum Gasteiger partial charge on any atom is 0.181 e. The van der Waals surface area contributed by atoms with E-state index < -0.39 is 0 Å². The summed E-state index contributed by atoms with van der Waals surface area (Å²) in [5, 5.41) is 2.02. The third-order valence-electron chi connectivity index (χ3n) is 1.03. The van der Waals surface area contributed by atoms with Gasteiger partial charge in [0, 0.05) is 20.4 Å². The van der Waals surface area contributed by atoms with E-state index in [4.69, 9.17) is 4.74 Å². The second kappa shape index (κ2) is 2.42. The third kappa shape index (κ3) is 0.980. The Morgan fingerprint density at radius 1 is 1.75 bits per heavy atom. The molecule has 1 atom stereocenters. The van der Waals surface area contributed by atoms with Crippen molar-refractivity contribution in [2.45, 2.75) is 5.56 Å². The Morgan fingerprint density at radius 2 is 2.50 bits per heavy atom. The number of methoxy groups -OCH3 is 1. The maximum atomic E-state index is 5.05. The highest BCUT2D eigenvalue weighted by molar-refractivity contribution is 8.02. The monoisotopic (exact) mass is 131 g/mol. The Labute approximate surface area is 53.5 Å². The smallest absolute Gasteiger partial charge is 0.181 e. The summed E-state index contributed by atoms with van der Waals surface area (Å²) >= 11 is 1.67. The van der Waals surface area contributed by atoms with Crippen molar-refractivity contribution in [2.24, 2.45) is 0 Å². The molecule has 0 aromatic heterocycles. The normalized spacial score (nSPS) is 27.2. The molecule has 0 fully saturated rings. The molecule has 0 saturated carbocycles. The molecule has 1 heterocycles. The van der Waals surface area contributed by atoms with Crippen LogP contribution in [0.4, 0.5) is 0 Å². The Morgan fingerprint density at radius 3 is 2.75 bits per heavy atom. The molecule has 46 valence electrons. The van der Waals surface area contributed by atoms with E-state index in [0.717, 1.165) is 0 Å². The standard InChI is InChI=1S/C5H9NOS/c1-6-3-4-8-5(6)7-2/h3-5H,1-2H3. The van der Waals surface area contributed by atoms with E-state index in [-0.39, 0.29) is 5.56 Å². The van der Waals surface area contributed by atoms with Gasteiger partial charge in [0.2, 0.25) is 0 Å². The van der Waals surface area contributed by atoms with Crippen LogP contribution in [0.15, 0.2) is 11.6 Å². The van der Waals surface area contributed by atoms with Gasteiger partial charge < -0.3 is 9.64 Å². The maximum absolute atomic E-state index is 5.05. The molecular formula is C5H9NOS. The second-order valence-electron chi connectivity index (χ2n) is 1.63. The highest BCUT2D eigenvalue weighted by Gasteiger charge is 2.13. The molecule has 0 saturated heterocycles. The van der Waals surface area contributed by atoms with E-state index >= 15 is 0 Å². The fraction of sp³-hybridized carbons (Fsp3) is 0.600. The van der Waals surface area contributed by atoms with Crippen LogP contribution < -0.4 is 0 Å². The third-order valence-corrected chi connectivity index (χ3v) is 2.06. The van der Waals surface area contributed by atoms with Crippen LogP contribution in [0.5, 0.6) is 0 Å². The average molecular weight is 131 g/mol. The molecule has 0 amide bonds. The molecular weight excluding hydrogens is 122 g/mol. The summed E-state index contributed by atoms with van der Waals surface area (Å²) in [7, 11) is 3.70. The molecule has 0 spiro atoms. The molecule has 1 aliphatic heterocycles. The van der Waals surface area contributed by atoms with Gasteiger partial charge in [0.15, 0.2) is 5.56 Å². The Bertz CT molecular complexity index is 105. The topological polar surface area (TPSA) is 12.5 Å². The molecule has 0 aromatic carbocycles. The lowest BCUT2D eigenvalue weighted by molar-refractivity contribution is 0.0842. The van der Waals surface area contributed by atoms with Gasteiger partial charge in [-0.25, -0.2) is 0 Å². The van der Waals surface area contributed by atoms with E-state index in [1.54, 1.807) is 18.9 Å². The van der Waals surface area contributed by atoms with Crippen LogP contribution in [-0.2, 0) is 4.74 Å². The number of nitrogens with zero attached hydrogens (tertiary/aromatic N) is 1. The second-order valence-corrected chi connectivity index (χ2v) is 2.58. The predicted octanol–water partition coefficient (Wildman–Crippen LogP) is 1.07. The summed E-state index contributed by atoms with van der Waals surface area (Å²) in [6.45, 7) is 0. The molecule has 0 radical (unpaired) electrons. The zero-order valence-corrected chi connectivity index (χ0v) is 5.81. The van der Waals surface area contributed by atoms with Crippen molar-refractivity contribution in [3.63, 3.8) is 0 Å². The zero-order valence-electron chi connectivity index (χ0n) is 5.00.